The molecule has 19 heavy (non-hydrogen) atoms. The van der Waals surface area contributed by atoms with Gasteiger partial charge in [0.15, 0.2) is 11.5 Å². The predicted molar refractivity (Wildman–Crippen MR) is 69.7 cm³/mol. The molecule has 2 rings (SSSR count). The summed E-state index contributed by atoms with van der Waals surface area (Å²) in [5, 5.41) is 12.4. The average molecular weight is 261 g/mol. The Morgan fingerprint density at radius 2 is 1.95 bits per heavy atom. The van der Waals surface area contributed by atoms with Gasteiger partial charge in [-0.15, -0.1) is 0 Å². The van der Waals surface area contributed by atoms with E-state index in [1.807, 2.05) is 26.8 Å². The van der Waals surface area contributed by atoms with Crippen LogP contribution in [-0.4, -0.2) is 23.3 Å². The number of carboxylic acids is 1. The summed E-state index contributed by atoms with van der Waals surface area (Å²) in [6.07, 6.45) is 0. The van der Waals surface area contributed by atoms with E-state index in [1.165, 1.54) is 6.07 Å². The highest BCUT2D eigenvalue weighted by atomic mass is 16.5. The maximum Gasteiger partial charge on any atom is 0.358 e. The summed E-state index contributed by atoms with van der Waals surface area (Å²) >= 11 is 0. The second-order valence-electron chi connectivity index (χ2n) is 4.41. The Balaban J connectivity index is 2.59. The fourth-order valence-electron chi connectivity index (χ4n) is 2.13. The first kappa shape index (κ1) is 13.1. The number of nitrogens with zero attached hydrogens (tertiary/aromatic N) is 1. The highest BCUT2D eigenvalue weighted by molar-refractivity contribution is 5.86. The molecule has 5 heteroatoms. The van der Waals surface area contributed by atoms with Gasteiger partial charge in [0.25, 0.3) is 0 Å². The Morgan fingerprint density at radius 1 is 1.26 bits per heavy atom. The first-order valence-corrected chi connectivity index (χ1v) is 5.81. The summed E-state index contributed by atoms with van der Waals surface area (Å²) < 4.78 is 10.5. The smallest absolute Gasteiger partial charge is 0.358 e. The number of carboxylic acid groups (broad SMARTS) is 1. The van der Waals surface area contributed by atoms with Crippen LogP contribution in [0.2, 0.25) is 0 Å². The third kappa shape index (κ3) is 2.19. The second-order valence-corrected chi connectivity index (χ2v) is 4.41. The zero-order chi connectivity index (χ0) is 14.2. The van der Waals surface area contributed by atoms with Gasteiger partial charge in [0.1, 0.15) is 5.75 Å². The van der Waals surface area contributed by atoms with E-state index >= 15 is 0 Å². The van der Waals surface area contributed by atoms with E-state index in [-0.39, 0.29) is 5.69 Å². The lowest BCUT2D eigenvalue weighted by Gasteiger charge is -2.13. The van der Waals surface area contributed by atoms with Gasteiger partial charge in [-0.3, -0.25) is 0 Å². The van der Waals surface area contributed by atoms with Crippen LogP contribution in [0, 0.1) is 20.8 Å². The molecule has 0 aliphatic heterocycles. The van der Waals surface area contributed by atoms with Crippen molar-refractivity contribution in [3.63, 3.8) is 0 Å². The molecular formula is C14H15NO4. The number of aromatic nitrogens is 1. The molecule has 2 aromatic rings. The van der Waals surface area contributed by atoms with Gasteiger partial charge in [-0.1, -0.05) is 5.16 Å². The Morgan fingerprint density at radius 3 is 2.47 bits per heavy atom. The summed E-state index contributed by atoms with van der Waals surface area (Å²) in [4.78, 5) is 10.8. The lowest BCUT2D eigenvalue weighted by molar-refractivity contribution is 0.0686. The van der Waals surface area contributed by atoms with Crippen LogP contribution in [0.1, 0.15) is 27.2 Å². The molecule has 1 heterocycles. The number of aromatic carboxylic acids is 1. The lowest BCUT2D eigenvalue weighted by atomic mass is 9.97. The van der Waals surface area contributed by atoms with E-state index in [2.05, 4.69) is 5.16 Å². The van der Waals surface area contributed by atoms with Gasteiger partial charge in [-0.05, 0) is 43.5 Å². The molecule has 0 aliphatic rings. The number of hydrogen-bond acceptors (Lipinski definition) is 4. The van der Waals surface area contributed by atoms with Gasteiger partial charge in [-0.25, -0.2) is 4.79 Å². The van der Waals surface area contributed by atoms with Gasteiger partial charge in [-0.2, -0.15) is 0 Å². The van der Waals surface area contributed by atoms with Gasteiger partial charge >= 0.3 is 5.97 Å². The Kier molecular flexibility index (Phi) is 3.29. The lowest BCUT2D eigenvalue weighted by Crippen LogP contribution is -1.96. The van der Waals surface area contributed by atoms with Crippen molar-refractivity contribution in [1.82, 2.24) is 5.16 Å². The molecule has 0 saturated carbocycles. The first-order chi connectivity index (χ1) is 8.95. The largest absolute Gasteiger partial charge is 0.496 e. The van der Waals surface area contributed by atoms with Crippen LogP contribution in [0.25, 0.3) is 11.3 Å². The molecule has 0 spiro atoms. The Labute approximate surface area is 110 Å². The van der Waals surface area contributed by atoms with E-state index < -0.39 is 5.97 Å². The molecule has 1 aromatic heterocycles. The van der Waals surface area contributed by atoms with Crippen molar-refractivity contribution in [1.29, 1.82) is 0 Å². The van der Waals surface area contributed by atoms with Crippen molar-refractivity contribution in [3.8, 4) is 17.1 Å². The second kappa shape index (κ2) is 4.76. The van der Waals surface area contributed by atoms with Crippen LogP contribution in [0.15, 0.2) is 16.7 Å². The molecule has 0 bridgehead atoms. The third-order valence-electron chi connectivity index (χ3n) is 3.22. The highest BCUT2D eigenvalue weighted by Gasteiger charge is 2.17. The minimum atomic E-state index is -1.10. The summed E-state index contributed by atoms with van der Waals surface area (Å²) in [7, 11) is 1.63. The summed E-state index contributed by atoms with van der Waals surface area (Å²) in [5.74, 6) is 0.178. The molecule has 100 valence electrons. The van der Waals surface area contributed by atoms with Crippen LogP contribution >= 0.6 is 0 Å². The van der Waals surface area contributed by atoms with Crippen molar-refractivity contribution in [2.24, 2.45) is 0 Å². The molecule has 5 nitrogen and oxygen atoms in total. The Hall–Kier alpha value is -2.30. The van der Waals surface area contributed by atoms with Crippen molar-refractivity contribution < 1.29 is 19.2 Å². The van der Waals surface area contributed by atoms with E-state index in [0.29, 0.717) is 5.76 Å². The quantitative estimate of drug-likeness (QED) is 0.919. The van der Waals surface area contributed by atoms with Gasteiger partial charge in [0.05, 0.1) is 7.11 Å². The maximum absolute atomic E-state index is 10.8. The molecule has 0 atom stereocenters. The van der Waals surface area contributed by atoms with Crippen molar-refractivity contribution in [2.75, 3.05) is 7.11 Å². The predicted octanol–water partition coefficient (Wildman–Crippen LogP) is 2.97. The highest BCUT2D eigenvalue weighted by Crippen LogP contribution is 2.34. The van der Waals surface area contributed by atoms with E-state index in [1.54, 1.807) is 7.11 Å². The molecular weight excluding hydrogens is 246 g/mol. The normalized spacial score (nSPS) is 10.5. The molecule has 1 aromatic carbocycles. The number of benzene rings is 1. The van der Waals surface area contributed by atoms with E-state index in [0.717, 1.165) is 28.0 Å². The SMILES string of the molecule is COc1c(C)cc(-c2cc(C(=O)O)no2)c(C)c1C. The molecule has 0 amide bonds. The third-order valence-corrected chi connectivity index (χ3v) is 3.22. The first-order valence-electron chi connectivity index (χ1n) is 5.81. The molecule has 0 aliphatic carbocycles. The fourth-order valence-corrected chi connectivity index (χ4v) is 2.13. The molecule has 0 fully saturated rings. The number of ether oxygens (including phenoxy) is 1. The standard InChI is InChI=1S/C14H15NO4/c1-7-5-10(8(2)9(3)13(7)18-4)12-6-11(14(16)17)15-19-12/h5-6H,1-4H3,(H,16,17). The summed E-state index contributed by atoms with van der Waals surface area (Å²) in [6.45, 7) is 5.83. The number of carbonyl (C=O) groups is 1. The average Bonchev–Trinajstić information content (AvgIpc) is 2.84. The van der Waals surface area contributed by atoms with Crippen LogP contribution in [-0.2, 0) is 0 Å². The van der Waals surface area contributed by atoms with Gasteiger partial charge in [0.2, 0.25) is 0 Å². The minimum absolute atomic E-state index is 0.0967. The molecule has 0 saturated heterocycles. The monoisotopic (exact) mass is 261 g/mol. The summed E-state index contributed by atoms with van der Waals surface area (Å²) in [6, 6.07) is 3.34. The number of aryl methyl sites for hydroxylation is 1. The van der Waals surface area contributed by atoms with Gasteiger partial charge < -0.3 is 14.4 Å². The van der Waals surface area contributed by atoms with Crippen LogP contribution < -0.4 is 4.74 Å². The molecule has 0 unspecified atom stereocenters. The zero-order valence-electron chi connectivity index (χ0n) is 11.3. The van der Waals surface area contributed by atoms with Crippen LogP contribution in [0.4, 0.5) is 0 Å². The number of rotatable bonds is 3. The Bertz CT molecular complexity index is 643. The number of methoxy groups -OCH3 is 1. The molecule has 1 N–H and O–H groups in total. The van der Waals surface area contributed by atoms with E-state index in [9.17, 15) is 4.79 Å². The van der Waals surface area contributed by atoms with Crippen LogP contribution in [0.3, 0.4) is 0 Å². The maximum atomic E-state index is 10.8. The molecule has 0 radical (unpaired) electrons. The minimum Gasteiger partial charge on any atom is -0.496 e. The zero-order valence-corrected chi connectivity index (χ0v) is 11.3. The van der Waals surface area contributed by atoms with Crippen molar-refractivity contribution >= 4 is 5.97 Å². The topological polar surface area (TPSA) is 72.6 Å². The van der Waals surface area contributed by atoms with Gasteiger partial charge in [0, 0.05) is 11.6 Å². The van der Waals surface area contributed by atoms with E-state index in [4.69, 9.17) is 14.4 Å². The van der Waals surface area contributed by atoms with Crippen molar-refractivity contribution in [3.05, 3.63) is 34.5 Å². The number of hydrogen-bond donors (Lipinski definition) is 1. The van der Waals surface area contributed by atoms with Crippen LogP contribution in [0.5, 0.6) is 5.75 Å². The fraction of sp³-hybridized carbons (Fsp3) is 0.286. The summed E-state index contributed by atoms with van der Waals surface area (Å²) in [5.41, 5.74) is 3.69. The van der Waals surface area contributed by atoms with Crippen molar-refractivity contribution in [2.45, 2.75) is 20.8 Å².